The molecule has 0 unspecified atom stereocenters. The first kappa shape index (κ1) is 19.0. The van der Waals surface area contributed by atoms with Crippen LogP contribution in [0.5, 0.6) is 0 Å². The number of halogens is 1. The van der Waals surface area contributed by atoms with Crippen LogP contribution < -0.4 is 0 Å². The van der Waals surface area contributed by atoms with E-state index in [1.807, 2.05) is 12.1 Å². The van der Waals surface area contributed by atoms with Gasteiger partial charge in [0.05, 0.1) is 11.0 Å². The zero-order valence-electron chi connectivity index (χ0n) is 17.2. The van der Waals surface area contributed by atoms with Crippen molar-refractivity contribution in [1.29, 1.82) is 0 Å². The lowest BCUT2D eigenvalue weighted by Gasteiger charge is -2.10. The van der Waals surface area contributed by atoms with Gasteiger partial charge in [-0.3, -0.25) is 0 Å². The Morgan fingerprint density at radius 3 is 2.38 bits per heavy atom. The molecule has 3 aromatic carbocycles. The molecule has 0 amide bonds. The van der Waals surface area contributed by atoms with Gasteiger partial charge in [0, 0.05) is 22.0 Å². The van der Waals surface area contributed by atoms with Crippen molar-refractivity contribution in [2.24, 2.45) is 0 Å². The molecule has 0 atom stereocenters. The molecule has 5 heteroatoms. The molecule has 5 aromatic rings. The third kappa shape index (κ3) is 3.20. The molecule has 6 rings (SSSR count). The number of fused-ring (bicyclic) bond motifs is 3. The van der Waals surface area contributed by atoms with Crippen LogP contribution in [0.2, 0.25) is 5.28 Å². The Morgan fingerprint density at radius 2 is 1.53 bits per heavy atom. The maximum absolute atomic E-state index is 6.30. The van der Waals surface area contributed by atoms with E-state index >= 15 is 0 Å². The van der Waals surface area contributed by atoms with Gasteiger partial charge >= 0.3 is 0 Å². The first-order valence-electron chi connectivity index (χ1n) is 10.6. The molecule has 32 heavy (non-hydrogen) atoms. The van der Waals surface area contributed by atoms with E-state index in [1.54, 1.807) is 0 Å². The Balaban J connectivity index is 1.56. The number of nitrogens with zero attached hydrogens (tertiary/aromatic N) is 4. The molecule has 2 aromatic heterocycles. The van der Waals surface area contributed by atoms with Gasteiger partial charge in [-0.25, -0.2) is 4.98 Å². The van der Waals surface area contributed by atoms with Crippen LogP contribution >= 0.6 is 11.6 Å². The van der Waals surface area contributed by atoms with Crippen molar-refractivity contribution in [2.75, 3.05) is 0 Å². The molecule has 0 N–H and O–H groups in total. The fraction of sp³-hybridized carbons (Fsp3) is 0.0741. The average Bonchev–Trinajstić information content (AvgIpc) is 3.18. The Morgan fingerprint density at radius 1 is 0.750 bits per heavy atom. The number of allylic oxidation sites excluding steroid dienone is 4. The fourth-order valence-corrected chi connectivity index (χ4v) is 4.54. The minimum Gasteiger partial charge on any atom is -0.309 e. The molecular formula is C27H19ClN4. The van der Waals surface area contributed by atoms with Gasteiger partial charge in [-0.15, -0.1) is 0 Å². The van der Waals surface area contributed by atoms with Crippen molar-refractivity contribution in [3.63, 3.8) is 0 Å². The second kappa shape index (κ2) is 7.74. The first-order chi connectivity index (χ1) is 15.8. The van der Waals surface area contributed by atoms with E-state index in [2.05, 4.69) is 93.4 Å². The van der Waals surface area contributed by atoms with E-state index in [0.29, 0.717) is 11.6 Å². The van der Waals surface area contributed by atoms with Crippen molar-refractivity contribution in [2.45, 2.75) is 12.8 Å². The number of para-hydroxylation sites is 2. The molecule has 0 saturated heterocycles. The maximum atomic E-state index is 6.30. The van der Waals surface area contributed by atoms with E-state index < -0.39 is 0 Å². The highest BCUT2D eigenvalue weighted by Crippen LogP contribution is 2.34. The quantitative estimate of drug-likeness (QED) is 0.306. The first-order valence-corrected chi connectivity index (χ1v) is 11.0. The second-order valence-electron chi connectivity index (χ2n) is 7.83. The van der Waals surface area contributed by atoms with Gasteiger partial charge in [-0.05, 0) is 66.4 Å². The number of aromatic nitrogens is 4. The van der Waals surface area contributed by atoms with E-state index in [4.69, 9.17) is 16.6 Å². The van der Waals surface area contributed by atoms with E-state index in [1.165, 1.54) is 10.9 Å². The lowest BCUT2D eigenvalue weighted by molar-refractivity contribution is 0.973. The lowest BCUT2D eigenvalue weighted by atomic mass is 10.0. The number of rotatable bonds is 3. The minimum absolute atomic E-state index is 0.215. The Kier molecular flexibility index (Phi) is 4.58. The zero-order valence-corrected chi connectivity index (χ0v) is 18.0. The van der Waals surface area contributed by atoms with Crippen molar-refractivity contribution in [3.8, 4) is 17.1 Å². The number of benzene rings is 3. The Labute approximate surface area is 190 Å². The minimum atomic E-state index is 0.215. The van der Waals surface area contributed by atoms with Crippen LogP contribution in [-0.4, -0.2) is 19.5 Å². The standard InChI is InChI=1S/C27H19ClN4/c28-27-30-25(18-9-3-1-4-10-18)29-26(31-27)19-15-16-24-22(17-19)21-13-7-8-14-23(21)32(24)20-11-5-2-6-12-20/h1-3,5-9,11-17H,4,10H2. The molecule has 0 saturated carbocycles. The maximum Gasteiger partial charge on any atom is 0.226 e. The molecule has 0 aliphatic heterocycles. The van der Waals surface area contributed by atoms with E-state index in [0.717, 1.165) is 40.6 Å². The fourth-order valence-electron chi connectivity index (χ4n) is 4.38. The summed E-state index contributed by atoms with van der Waals surface area (Å²) in [4.78, 5) is 13.6. The smallest absolute Gasteiger partial charge is 0.226 e. The summed E-state index contributed by atoms with van der Waals surface area (Å²) in [5.41, 5.74) is 5.45. The Bertz CT molecular complexity index is 1530. The van der Waals surface area contributed by atoms with Crippen LogP contribution in [0.25, 0.3) is 44.5 Å². The highest BCUT2D eigenvalue weighted by atomic mass is 35.5. The van der Waals surface area contributed by atoms with E-state index in [9.17, 15) is 0 Å². The van der Waals surface area contributed by atoms with Gasteiger partial charge in [-0.1, -0.05) is 54.6 Å². The monoisotopic (exact) mass is 434 g/mol. The van der Waals surface area contributed by atoms with Gasteiger partial charge in [0.25, 0.3) is 0 Å². The largest absolute Gasteiger partial charge is 0.309 e. The molecule has 4 nitrogen and oxygen atoms in total. The molecule has 154 valence electrons. The molecule has 2 heterocycles. The highest BCUT2D eigenvalue weighted by Gasteiger charge is 2.16. The number of hydrogen-bond donors (Lipinski definition) is 0. The van der Waals surface area contributed by atoms with Gasteiger partial charge < -0.3 is 4.57 Å². The molecule has 0 spiro atoms. The van der Waals surface area contributed by atoms with Crippen LogP contribution in [0.3, 0.4) is 0 Å². The molecule has 0 fully saturated rings. The third-order valence-electron chi connectivity index (χ3n) is 5.85. The normalized spacial score (nSPS) is 13.6. The SMILES string of the molecule is Clc1nc(C2=CC=CCC2)nc(-c2ccc3c(c2)c2ccccc2n3-c2ccccc2)n1. The van der Waals surface area contributed by atoms with Gasteiger partial charge in [0.15, 0.2) is 11.6 Å². The summed E-state index contributed by atoms with van der Waals surface area (Å²) in [6.45, 7) is 0. The van der Waals surface area contributed by atoms with Crippen LogP contribution in [0.4, 0.5) is 0 Å². The van der Waals surface area contributed by atoms with Crippen molar-refractivity contribution >= 4 is 39.0 Å². The van der Waals surface area contributed by atoms with Crippen LogP contribution in [0.1, 0.15) is 18.7 Å². The molecular weight excluding hydrogens is 416 g/mol. The van der Waals surface area contributed by atoms with Gasteiger partial charge in [-0.2, -0.15) is 9.97 Å². The highest BCUT2D eigenvalue weighted by molar-refractivity contribution is 6.28. The average molecular weight is 435 g/mol. The molecule has 1 aliphatic carbocycles. The predicted octanol–water partition coefficient (Wildman–Crippen LogP) is 7.02. The third-order valence-corrected chi connectivity index (χ3v) is 6.02. The van der Waals surface area contributed by atoms with Gasteiger partial charge in [0.2, 0.25) is 5.28 Å². The summed E-state index contributed by atoms with van der Waals surface area (Å²) in [5.74, 6) is 1.24. The Hall–Kier alpha value is -3.76. The topological polar surface area (TPSA) is 43.6 Å². The summed E-state index contributed by atoms with van der Waals surface area (Å²) in [6.07, 6.45) is 8.12. The summed E-state index contributed by atoms with van der Waals surface area (Å²) in [6, 6.07) is 25.2. The molecule has 0 radical (unpaired) electrons. The summed E-state index contributed by atoms with van der Waals surface area (Å²) in [5, 5.41) is 2.56. The van der Waals surface area contributed by atoms with Gasteiger partial charge in [0.1, 0.15) is 0 Å². The predicted molar refractivity (Wildman–Crippen MR) is 131 cm³/mol. The van der Waals surface area contributed by atoms with Crippen LogP contribution in [0.15, 0.2) is 91.0 Å². The number of hydrogen-bond acceptors (Lipinski definition) is 3. The summed E-state index contributed by atoms with van der Waals surface area (Å²) >= 11 is 6.30. The van der Waals surface area contributed by atoms with Crippen molar-refractivity contribution in [1.82, 2.24) is 19.5 Å². The van der Waals surface area contributed by atoms with E-state index in [-0.39, 0.29) is 5.28 Å². The molecule has 0 bridgehead atoms. The lowest BCUT2D eigenvalue weighted by Crippen LogP contribution is -2.01. The van der Waals surface area contributed by atoms with Crippen molar-refractivity contribution in [3.05, 3.63) is 102 Å². The second-order valence-corrected chi connectivity index (χ2v) is 8.17. The zero-order chi connectivity index (χ0) is 21.5. The van der Waals surface area contributed by atoms with Crippen molar-refractivity contribution < 1.29 is 0 Å². The van der Waals surface area contributed by atoms with Crippen LogP contribution in [0, 0.1) is 0 Å². The van der Waals surface area contributed by atoms with Crippen LogP contribution in [-0.2, 0) is 0 Å². The summed E-state index contributed by atoms with van der Waals surface area (Å²) < 4.78 is 2.29. The summed E-state index contributed by atoms with van der Waals surface area (Å²) in [7, 11) is 0. The molecule has 1 aliphatic rings.